The molecule has 0 spiro atoms. The van der Waals surface area contributed by atoms with Crippen molar-refractivity contribution < 1.29 is 32.2 Å². The van der Waals surface area contributed by atoms with Crippen LogP contribution in [0.2, 0.25) is 0 Å². The third kappa shape index (κ3) is 5.28. The van der Waals surface area contributed by atoms with E-state index in [1.54, 1.807) is 18.2 Å². The fourth-order valence-electron chi connectivity index (χ4n) is 3.71. The third-order valence-corrected chi connectivity index (χ3v) is 7.46. The minimum absolute atomic E-state index is 0.0383. The minimum Gasteiger partial charge on any atom is -0.454 e. The molecule has 1 N–H and O–H groups in total. The second-order valence-corrected chi connectivity index (χ2v) is 9.89. The molecule has 2 aromatic rings. The highest BCUT2D eigenvalue weighted by Gasteiger charge is 2.27. The lowest BCUT2D eigenvalue weighted by atomic mass is 10.2. The highest BCUT2D eigenvalue weighted by molar-refractivity contribution is 7.89. The Labute approximate surface area is 192 Å². The number of hydrogen-bond donors (Lipinski definition) is 1. The van der Waals surface area contributed by atoms with Crippen molar-refractivity contribution in [2.75, 3.05) is 25.2 Å². The molecule has 10 heteroatoms. The summed E-state index contributed by atoms with van der Waals surface area (Å²) in [4.78, 5) is 25.1. The molecule has 1 saturated heterocycles. The summed E-state index contributed by atoms with van der Waals surface area (Å²) in [5.41, 5.74) is 0.534. The summed E-state index contributed by atoms with van der Waals surface area (Å²) in [5.74, 6) is -0.214. The lowest BCUT2D eigenvalue weighted by Crippen LogP contribution is -2.32. The second-order valence-electron chi connectivity index (χ2n) is 7.95. The summed E-state index contributed by atoms with van der Waals surface area (Å²) in [7, 11) is -3.71. The molecular weight excluding hydrogens is 448 g/mol. The van der Waals surface area contributed by atoms with Crippen LogP contribution in [0.3, 0.4) is 0 Å². The number of benzene rings is 2. The molecule has 1 fully saturated rings. The van der Waals surface area contributed by atoms with E-state index >= 15 is 0 Å². The number of ether oxygens (including phenoxy) is 3. The molecule has 0 aromatic heterocycles. The van der Waals surface area contributed by atoms with E-state index in [1.165, 1.54) is 35.5 Å². The monoisotopic (exact) mass is 474 g/mol. The van der Waals surface area contributed by atoms with Crippen LogP contribution in [-0.2, 0) is 19.6 Å². The van der Waals surface area contributed by atoms with Crippen molar-refractivity contribution in [2.24, 2.45) is 0 Å². The van der Waals surface area contributed by atoms with Crippen LogP contribution in [0.1, 0.15) is 43.0 Å². The quantitative estimate of drug-likeness (QED) is 0.640. The number of carbonyl (C=O) groups is 2. The van der Waals surface area contributed by atoms with E-state index < -0.39 is 28.0 Å². The van der Waals surface area contributed by atoms with Crippen molar-refractivity contribution >= 4 is 27.6 Å². The number of esters is 1. The van der Waals surface area contributed by atoms with E-state index in [9.17, 15) is 18.0 Å². The van der Waals surface area contributed by atoms with Crippen LogP contribution < -0.4 is 14.8 Å². The Morgan fingerprint density at radius 3 is 2.48 bits per heavy atom. The SMILES string of the molecule is CC(OC(=O)c1cccc(S(=O)(=O)N2CCCCCC2)c1)C(=O)Nc1ccc2c(c1)OCO2. The number of amides is 1. The number of nitrogens with zero attached hydrogens (tertiary/aromatic N) is 1. The smallest absolute Gasteiger partial charge is 0.338 e. The summed E-state index contributed by atoms with van der Waals surface area (Å²) < 4.78 is 43.3. The van der Waals surface area contributed by atoms with E-state index in [2.05, 4.69) is 5.32 Å². The summed E-state index contributed by atoms with van der Waals surface area (Å²) in [6, 6.07) is 10.7. The molecule has 4 rings (SSSR count). The maximum absolute atomic E-state index is 13.0. The van der Waals surface area contributed by atoms with Crippen LogP contribution in [0.5, 0.6) is 11.5 Å². The Morgan fingerprint density at radius 2 is 1.73 bits per heavy atom. The number of nitrogens with one attached hydrogen (secondary N) is 1. The van der Waals surface area contributed by atoms with E-state index in [0.717, 1.165) is 25.7 Å². The topological polar surface area (TPSA) is 111 Å². The molecule has 176 valence electrons. The molecule has 33 heavy (non-hydrogen) atoms. The predicted molar refractivity (Wildman–Crippen MR) is 120 cm³/mol. The van der Waals surface area contributed by atoms with Crippen LogP contribution in [0, 0.1) is 0 Å². The van der Waals surface area contributed by atoms with Crippen molar-refractivity contribution in [3.8, 4) is 11.5 Å². The molecule has 1 atom stereocenters. The molecule has 0 saturated carbocycles. The van der Waals surface area contributed by atoms with Gasteiger partial charge in [-0.3, -0.25) is 4.79 Å². The van der Waals surface area contributed by atoms with Crippen LogP contribution >= 0.6 is 0 Å². The Hall–Kier alpha value is -3.11. The van der Waals surface area contributed by atoms with Gasteiger partial charge in [0.05, 0.1) is 10.5 Å². The van der Waals surface area contributed by atoms with Gasteiger partial charge in [-0.05, 0) is 50.1 Å². The fourth-order valence-corrected chi connectivity index (χ4v) is 5.28. The second kappa shape index (κ2) is 9.80. The first kappa shape index (κ1) is 23.1. The van der Waals surface area contributed by atoms with Gasteiger partial charge in [0.1, 0.15) is 0 Å². The molecule has 2 aliphatic rings. The lowest BCUT2D eigenvalue weighted by molar-refractivity contribution is -0.123. The Morgan fingerprint density at radius 1 is 1.00 bits per heavy atom. The van der Waals surface area contributed by atoms with Gasteiger partial charge < -0.3 is 19.5 Å². The predicted octanol–water partition coefficient (Wildman–Crippen LogP) is 3.16. The largest absolute Gasteiger partial charge is 0.454 e. The van der Waals surface area contributed by atoms with Gasteiger partial charge in [-0.2, -0.15) is 4.31 Å². The summed E-state index contributed by atoms with van der Waals surface area (Å²) in [6.45, 7) is 2.49. The highest BCUT2D eigenvalue weighted by Crippen LogP contribution is 2.34. The zero-order valence-corrected chi connectivity index (χ0v) is 19.1. The minimum atomic E-state index is -3.71. The molecule has 0 bridgehead atoms. The van der Waals surface area contributed by atoms with E-state index in [-0.39, 0.29) is 17.3 Å². The maximum atomic E-state index is 13.0. The molecule has 1 amide bonds. The van der Waals surface area contributed by atoms with Gasteiger partial charge in [-0.1, -0.05) is 18.9 Å². The average molecular weight is 475 g/mol. The van der Waals surface area contributed by atoms with Gasteiger partial charge in [0.2, 0.25) is 16.8 Å². The van der Waals surface area contributed by atoms with Crippen LogP contribution in [0.4, 0.5) is 5.69 Å². The number of carbonyl (C=O) groups excluding carboxylic acids is 2. The zero-order valence-electron chi connectivity index (χ0n) is 18.3. The number of sulfonamides is 1. The van der Waals surface area contributed by atoms with Gasteiger partial charge in [0.25, 0.3) is 5.91 Å². The summed E-state index contributed by atoms with van der Waals surface area (Å²) in [5, 5.41) is 2.66. The zero-order chi connectivity index (χ0) is 23.4. The first-order valence-electron chi connectivity index (χ1n) is 10.9. The van der Waals surface area contributed by atoms with Crippen LogP contribution in [-0.4, -0.2) is 50.6 Å². The number of fused-ring (bicyclic) bond motifs is 1. The highest BCUT2D eigenvalue weighted by atomic mass is 32.2. The molecule has 2 heterocycles. The Bertz CT molecular complexity index is 1140. The normalized spacial score (nSPS) is 17.1. The van der Waals surface area contributed by atoms with E-state index in [0.29, 0.717) is 30.3 Å². The Balaban J connectivity index is 1.41. The molecule has 1 unspecified atom stereocenters. The lowest BCUT2D eigenvalue weighted by Gasteiger charge is -2.20. The van der Waals surface area contributed by atoms with Gasteiger partial charge in [-0.15, -0.1) is 0 Å². The average Bonchev–Trinajstić information content (AvgIpc) is 3.09. The summed E-state index contributed by atoms with van der Waals surface area (Å²) in [6.07, 6.45) is 2.54. The first-order valence-corrected chi connectivity index (χ1v) is 12.3. The van der Waals surface area contributed by atoms with Crippen molar-refractivity contribution in [3.63, 3.8) is 0 Å². The molecule has 2 aromatic carbocycles. The number of rotatable bonds is 6. The van der Waals surface area contributed by atoms with Crippen molar-refractivity contribution in [2.45, 2.75) is 43.6 Å². The molecule has 2 aliphatic heterocycles. The van der Waals surface area contributed by atoms with Gasteiger partial charge in [0.15, 0.2) is 17.6 Å². The molecule has 0 radical (unpaired) electrons. The van der Waals surface area contributed by atoms with E-state index in [1.807, 2.05) is 0 Å². The van der Waals surface area contributed by atoms with Crippen molar-refractivity contribution in [1.29, 1.82) is 0 Å². The standard InChI is InChI=1S/C23H26N2O7S/c1-16(22(26)24-18-9-10-20-21(14-18)31-15-30-20)32-23(27)17-7-6-8-19(13-17)33(28,29)25-11-4-2-3-5-12-25/h6-10,13-14,16H,2-5,11-12,15H2,1H3,(H,24,26). The number of hydrogen-bond acceptors (Lipinski definition) is 7. The van der Waals surface area contributed by atoms with Gasteiger partial charge in [0, 0.05) is 24.8 Å². The van der Waals surface area contributed by atoms with Gasteiger partial charge in [-0.25, -0.2) is 13.2 Å². The van der Waals surface area contributed by atoms with Crippen LogP contribution in [0.15, 0.2) is 47.4 Å². The van der Waals surface area contributed by atoms with E-state index in [4.69, 9.17) is 14.2 Å². The Kier molecular flexibility index (Phi) is 6.85. The van der Waals surface area contributed by atoms with Crippen molar-refractivity contribution in [1.82, 2.24) is 4.31 Å². The molecule has 0 aliphatic carbocycles. The first-order chi connectivity index (χ1) is 15.8. The molecule has 9 nitrogen and oxygen atoms in total. The maximum Gasteiger partial charge on any atom is 0.338 e. The molecular formula is C23H26N2O7S. The number of anilines is 1. The third-order valence-electron chi connectivity index (χ3n) is 5.57. The fraction of sp³-hybridized carbons (Fsp3) is 0.391. The van der Waals surface area contributed by atoms with Crippen molar-refractivity contribution in [3.05, 3.63) is 48.0 Å². The summed E-state index contributed by atoms with van der Waals surface area (Å²) >= 11 is 0. The van der Waals surface area contributed by atoms with Gasteiger partial charge >= 0.3 is 5.97 Å². The van der Waals surface area contributed by atoms with Crippen LogP contribution in [0.25, 0.3) is 0 Å².